The van der Waals surface area contributed by atoms with Crippen molar-refractivity contribution in [3.63, 3.8) is 0 Å². The zero-order chi connectivity index (χ0) is 29.1. The number of Topliss-reactive ketones (excluding diaryl/α,β-unsaturated/α-hetero) is 1. The molecule has 41 heavy (non-hydrogen) atoms. The van der Waals surface area contributed by atoms with Gasteiger partial charge >= 0.3 is 5.97 Å². The van der Waals surface area contributed by atoms with Crippen molar-refractivity contribution in [2.75, 3.05) is 6.61 Å². The van der Waals surface area contributed by atoms with Gasteiger partial charge in [0.1, 0.15) is 6.61 Å². The summed E-state index contributed by atoms with van der Waals surface area (Å²) < 4.78 is 12.7. The summed E-state index contributed by atoms with van der Waals surface area (Å²) in [5, 5.41) is 19.5. The van der Waals surface area contributed by atoms with Crippen LogP contribution in [0.3, 0.4) is 0 Å². The minimum absolute atomic E-state index is 0.00863. The maximum absolute atomic E-state index is 13.7. The van der Waals surface area contributed by atoms with E-state index in [0.29, 0.717) is 52.3 Å². The van der Waals surface area contributed by atoms with E-state index in [1.54, 1.807) is 18.2 Å². The Kier molecular flexibility index (Phi) is 8.36. The maximum Gasteiger partial charge on any atom is 0.335 e. The standard InChI is InChI=1S/C33H29BrN2O5/c1-3-40-29-16-24(13-26(34)32(29)41-18-20-8-7-11-22(12-20)33(38)39)30-25(17-35)19(2)36-27-14-23(15-28(37)31(27)30)21-9-5-4-6-10-21/h4-13,16,23,25,30H,3,14-15,18H2,1-2H3,(H,38,39). The second-order valence-electron chi connectivity index (χ2n) is 10.2. The first-order chi connectivity index (χ1) is 19.8. The van der Waals surface area contributed by atoms with Gasteiger partial charge in [-0.1, -0.05) is 42.5 Å². The highest BCUT2D eigenvalue weighted by atomic mass is 79.9. The van der Waals surface area contributed by atoms with Gasteiger partial charge in [0.25, 0.3) is 0 Å². The average molecular weight is 614 g/mol. The van der Waals surface area contributed by atoms with Crippen LogP contribution in [0.1, 0.15) is 65.6 Å². The van der Waals surface area contributed by atoms with Gasteiger partial charge in [-0.2, -0.15) is 5.26 Å². The molecular formula is C33H29BrN2O5. The number of benzene rings is 3. The third kappa shape index (κ3) is 5.82. The Labute approximate surface area is 247 Å². The maximum atomic E-state index is 13.7. The number of rotatable bonds is 8. The number of allylic oxidation sites excluding steroid dienone is 2. The molecule has 3 atom stereocenters. The SMILES string of the molecule is CCOc1cc(C2C3=C(CC(c4ccccc4)CC3=O)N=C(C)C2C#N)cc(Br)c1OCc1cccc(C(=O)O)c1. The molecular weight excluding hydrogens is 584 g/mol. The molecule has 3 unspecified atom stereocenters. The number of carbonyl (C=O) groups excluding carboxylic acids is 1. The van der Waals surface area contributed by atoms with E-state index in [2.05, 4.69) is 22.0 Å². The molecule has 0 saturated carbocycles. The zero-order valence-corrected chi connectivity index (χ0v) is 24.3. The van der Waals surface area contributed by atoms with Crippen molar-refractivity contribution in [3.8, 4) is 17.6 Å². The van der Waals surface area contributed by atoms with E-state index < -0.39 is 17.8 Å². The van der Waals surface area contributed by atoms with Gasteiger partial charge < -0.3 is 14.6 Å². The quantitative estimate of drug-likeness (QED) is 0.287. The predicted octanol–water partition coefficient (Wildman–Crippen LogP) is 7.22. The summed E-state index contributed by atoms with van der Waals surface area (Å²) in [6.45, 7) is 4.22. The van der Waals surface area contributed by atoms with Crippen LogP contribution in [-0.2, 0) is 11.4 Å². The largest absolute Gasteiger partial charge is 0.490 e. The highest BCUT2D eigenvalue weighted by Gasteiger charge is 2.42. The topological polar surface area (TPSA) is 109 Å². The van der Waals surface area contributed by atoms with Crippen molar-refractivity contribution in [1.29, 1.82) is 5.26 Å². The number of carbonyl (C=O) groups is 2. The lowest BCUT2D eigenvalue weighted by atomic mass is 9.69. The number of ether oxygens (including phenoxy) is 2. The molecule has 0 amide bonds. The van der Waals surface area contributed by atoms with E-state index in [1.165, 1.54) is 6.07 Å². The van der Waals surface area contributed by atoms with Crippen LogP contribution in [0, 0.1) is 17.2 Å². The summed E-state index contributed by atoms with van der Waals surface area (Å²) in [5.41, 5.74) is 4.78. The number of carboxylic acids is 1. The molecule has 208 valence electrons. The second-order valence-corrected chi connectivity index (χ2v) is 11.0. The fourth-order valence-corrected chi connectivity index (χ4v) is 6.24. The van der Waals surface area contributed by atoms with Crippen LogP contribution in [-0.4, -0.2) is 29.2 Å². The molecule has 1 aliphatic carbocycles. The molecule has 0 fully saturated rings. The third-order valence-corrected chi connectivity index (χ3v) is 8.14. The van der Waals surface area contributed by atoms with Crippen LogP contribution in [0.25, 0.3) is 0 Å². The number of hydrogen-bond acceptors (Lipinski definition) is 6. The first kappa shape index (κ1) is 28.3. The predicted molar refractivity (Wildman–Crippen MR) is 158 cm³/mol. The number of nitriles is 1. The van der Waals surface area contributed by atoms with Crippen molar-refractivity contribution in [3.05, 3.63) is 105 Å². The van der Waals surface area contributed by atoms with E-state index in [0.717, 1.165) is 16.8 Å². The number of hydrogen-bond donors (Lipinski definition) is 1. The number of carboxylic acid groups (broad SMARTS) is 1. The molecule has 1 heterocycles. The molecule has 1 aliphatic heterocycles. The molecule has 8 heteroatoms. The van der Waals surface area contributed by atoms with E-state index in [4.69, 9.17) is 14.5 Å². The summed E-state index contributed by atoms with van der Waals surface area (Å²) in [5.74, 6) is -1.12. The van der Waals surface area contributed by atoms with Crippen LogP contribution >= 0.6 is 15.9 Å². The summed E-state index contributed by atoms with van der Waals surface area (Å²) in [6, 6.07) is 22.7. The molecule has 2 aliphatic rings. The molecule has 1 N–H and O–H groups in total. The molecule has 0 spiro atoms. The van der Waals surface area contributed by atoms with Crippen molar-refractivity contribution in [2.24, 2.45) is 10.9 Å². The lowest BCUT2D eigenvalue weighted by molar-refractivity contribution is -0.116. The van der Waals surface area contributed by atoms with Gasteiger partial charge in [0.2, 0.25) is 0 Å². The van der Waals surface area contributed by atoms with Crippen LogP contribution in [0.15, 0.2) is 87.5 Å². The average Bonchev–Trinajstić information content (AvgIpc) is 2.96. The van der Waals surface area contributed by atoms with Crippen molar-refractivity contribution >= 4 is 33.4 Å². The highest BCUT2D eigenvalue weighted by Crippen LogP contribution is 2.49. The minimum Gasteiger partial charge on any atom is -0.490 e. The Balaban J connectivity index is 1.51. The fourth-order valence-electron chi connectivity index (χ4n) is 5.67. The van der Waals surface area contributed by atoms with Crippen molar-refractivity contribution in [2.45, 2.75) is 45.1 Å². The summed E-state index contributed by atoms with van der Waals surface area (Å²) in [4.78, 5) is 29.9. The Morgan fingerprint density at radius 3 is 2.56 bits per heavy atom. The van der Waals surface area contributed by atoms with Gasteiger partial charge in [-0.25, -0.2) is 4.79 Å². The van der Waals surface area contributed by atoms with Gasteiger partial charge in [0.15, 0.2) is 17.3 Å². The molecule has 0 radical (unpaired) electrons. The van der Waals surface area contributed by atoms with Gasteiger partial charge in [0, 0.05) is 29.3 Å². The smallest absolute Gasteiger partial charge is 0.335 e. The molecule has 3 aromatic rings. The lowest BCUT2D eigenvalue weighted by Crippen LogP contribution is -2.32. The highest BCUT2D eigenvalue weighted by molar-refractivity contribution is 9.10. The lowest BCUT2D eigenvalue weighted by Gasteiger charge is -2.35. The summed E-state index contributed by atoms with van der Waals surface area (Å²) >= 11 is 3.63. The Bertz CT molecular complexity index is 1610. The number of nitrogens with zero attached hydrogens (tertiary/aromatic N) is 2. The van der Waals surface area contributed by atoms with Crippen molar-refractivity contribution in [1.82, 2.24) is 0 Å². The number of aromatic carboxylic acids is 1. The molecule has 3 aromatic carbocycles. The van der Waals surface area contributed by atoms with Crippen molar-refractivity contribution < 1.29 is 24.2 Å². The van der Waals surface area contributed by atoms with E-state index in [1.807, 2.05) is 56.3 Å². The monoisotopic (exact) mass is 612 g/mol. The number of aliphatic imine (C=N–C) groups is 1. The first-order valence-corrected chi connectivity index (χ1v) is 14.3. The molecule has 5 rings (SSSR count). The second kappa shape index (κ2) is 12.1. The first-order valence-electron chi connectivity index (χ1n) is 13.5. The normalized spacial score (nSPS) is 20.1. The number of ketones is 1. The van der Waals surface area contributed by atoms with E-state index in [9.17, 15) is 20.0 Å². The Morgan fingerprint density at radius 2 is 1.85 bits per heavy atom. The summed E-state index contributed by atoms with van der Waals surface area (Å²) in [6.07, 6.45) is 0.995. The van der Waals surface area contributed by atoms with Gasteiger partial charge in [-0.15, -0.1) is 0 Å². The van der Waals surface area contributed by atoms with Crippen LogP contribution < -0.4 is 9.47 Å². The van der Waals surface area contributed by atoms with Crippen LogP contribution in [0.2, 0.25) is 0 Å². The molecule has 0 saturated heterocycles. The minimum atomic E-state index is -1.01. The van der Waals surface area contributed by atoms with E-state index >= 15 is 0 Å². The Morgan fingerprint density at radius 1 is 1.07 bits per heavy atom. The Hall–Kier alpha value is -4.22. The fraction of sp³-hybridized carbons (Fsp3) is 0.273. The molecule has 7 nitrogen and oxygen atoms in total. The zero-order valence-electron chi connectivity index (χ0n) is 22.8. The molecule has 0 bridgehead atoms. The van der Waals surface area contributed by atoms with E-state index in [-0.39, 0.29) is 23.9 Å². The van der Waals surface area contributed by atoms with Crippen LogP contribution in [0.4, 0.5) is 0 Å². The third-order valence-electron chi connectivity index (χ3n) is 7.55. The van der Waals surface area contributed by atoms with Gasteiger partial charge in [-0.3, -0.25) is 9.79 Å². The molecule has 0 aromatic heterocycles. The number of halogens is 1. The van der Waals surface area contributed by atoms with Crippen LogP contribution in [0.5, 0.6) is 11.5 Å². The summed E-state index contributed by atoms with van der Waals surface area (Å²) in [7, 11) is 0. The van der Waals surface area contributed by atoms with Gasteiger partial charge in [-0.05, 0) is 83.1 Å². The van der Waals surface area contributed by atoms with Gasteiger partial charge in [0.05, 0.1) is 28.6 Å².